The van der Waals surface area contributed by atoms with Gasteiger partial charge >= 0.3 is 0 Å². The first-order valence-electron chi connectivity index (χ1n) is 4.85. The molecule has 1 aromatic heterocycles. The fourth-order valence-corrected chi connectivity index (χ4v) is 2.10. The molecule has 0 radical (unpaired) electrons. The molecule has 0 aliphatic carbocycles. The summed E-state index contributed by atoms with van der Waals surface area (Å²) < 4.78 is 1.72. The van der Waals surface area contributed by atoms with Crippen molar-refractivity contribution in [3.05, 3.63) is 52.8 Å². The summed E-state index contributed by atoms with van der Waals surface area (Å²) in [5, 5.41) is 10.2. The topological polar surface area (TPSA) is 28.7 Å². The summed E-state index contributed by atoms with van der Waals surface area (Å²) in [5.74, 6) is 0. The Hall–Kier alpha value is -1.69. The van der Waals surface area contributed by atoms with E-state index in [0.717, 1.165) is 11.1 Å². The van der Waals surface area contributed by atoms with Gasteiger partial charge in [-0.3, -0.25) is 0 Å². The highest BCUT2D eigenvalue weighted by molar-refractivity contribution is 6.36. The zero-order valence-electron chi connectivity index (χ0n) is 8.82. The first-order chi connectivity index (χ1) is 8.15. The van der Waals surface area contributed by atoms with Gasteiger partial charge in [0.15, 0.2) is 0 Å². The Bertz CT molecular complexity index is 621. The lowest BCUT2D eigenvalue weighted by Gasteiger charge is -2.02. The molecular formula is C13H8Cl2N2. The van der Waals surface area contributed by atoms with Crippen LogP contribution < -0.4 is 0 Å². The number of nitriles is 1. The van der Waals surface area contributed by atoms with Crippen LogP contribution in [0.2, 0.25) is 10.0 Å². The van der Waals surface area contributed by atoms with Gasteiger partial charge in [0.2, 0.25) is 0 Å². The third-order valence-corrected chi connectivity index (χ3v) is 2.95. The molecule has 2 aromatic rings. The van der Waals surface area contributed by atoms with Gasteiger partial charge in [0.25, 0.3) is 0 Å². The van der Waals surface area contributed by atoms with Gasteiger partial charge in [0, 0.05) is 39.8 Å². The minimum absolute atomic E-state index is 0.524. The van der Waals surface area contributed by atoms with Crippen LogP contribution in [0.25, 0.3) is 17.3 Å². The summed E-state index contributed by atoms with van der Waals surface area (Å²) in [7, 11) is 0. The molecule has 0 aliphatic rings. The van der Waals surface area contributed by atoms with E-state index in [1.54, 1.807) is 41.4 Å². The predicted octanol–water partition coefficient (Wildman–Crippen LogP) is 4.43. The molecule has 0 spiro atoms. The molecular weight excluding hydrogens is 255 g/mol. The van der Waals surface area contributed by atoms with Crippen LogP contribution in [-0.2, 0) is 0 Å². The lowest BCUT2D eigenvalue weighted by Crippen LogP contribution is -1.80. The van der Waals surface area contributed by atoms with Gasteiger partial charge in [-0.15, -0.1) is 0 Å². The fourth-order valence-electron chi connectivity index (χ4n) is 1.59. The third kappa shape index (κ3) is 2.21. The normalized spacial score (nSPS) is 9.94. The highest BCUT2D eigenvalue weighted by Gasteiger charge is 2.11. The highest BCUT2D eigenvalue weighted by Crippen LogP contribution is 2.32. The number of hydrogen-bond donors (Lipinski definition) is 0. The molecule has 0 amide bonds. The van der Waals surface area contributed by atoms with Crippen molar-refractivity contribution in [1.29, 1.82) is 5.26 Å². The number of halogens is 2. The van der Waals surface area contributed by atoms with E-state index >= 15 is 0 Å². The van der Waals surface area contributed by atoms with E-state index in [1.165, 1.54) is 0 Å². The lowest BCUT2D eigenvalue weighted by molar-refractivity contribution is 1.17. The van der Waals surface area contributed by atoms with E-state index in [2.05, 4.69) is 12.6 Å². The smallest absolute Gasteiger partial charge is 0.101 e. The predicted molar refractivity (Wildman–Crippen MR) is 71.0 cm³/mol. The quantitative estimate of drug-likeness (QED) is 0.787. The largest absolute Gasteiger partial charge is 0.329 e. The summed E-state index contributed by atoms with van der Waals surface area (Å²) >= 11 is 12.0. The van der Waals surface area contributed by atoms with Crippen LogP contribution in [0.4, 0.5) is 0 Å². The zero-order chi connectivity index (χ0) is 12.4. The Labute approximate surface area is 109 Å². The fraction of sp³-hybridized carbons (Fsp3) is 0. The van der Waals surface area contributed by atoms with Crippen LogP contribution in [-0.4, -0.2) is 4.57 Å². The van der Waals surface area contributed by atoms with Gasteiger partial charge < -0.3 is 4.57 Å². The van der Waals surface area contributed by atoms with E-state index in [-0.39, 0.29) is 0 Å². The molecule has 0 saturated heterocycles. The second kappa shape index (κ2) is 4.67. The first kappa shape index (κ1) is 11.8. The molecule has 84 valence electrons. The molecule has 0 aliphatic heterocycles. The summed E-state index contributed by atoms with van der Waals surface area (Å²) in [6, 6.07) is 7.33. The van der Waals surface area contributed by atoms with Crippen LogP contribution in [0.3, 0.4) is 0 Å². The number of aromatic nitrogens is 1. The number of rotatable bonds is 2. The summed E-state index contributed by atoms with van der Waals surface area (Å²) in [4.78, 5) is 0. The van der Waals surface area contributed by atoms with Gasteiger partial charge in [-0.05, 0) is 12.1 Å². The number of hydrogen-bond acceptors (Lipinski definition) is 1. The Morgan fingerprint density at radius 1 is 1.24 bits per heavy atom. The summed E-state index contributed by atoms with van der Waals surface area (Å²) in [6.07, 6.45) is 5.13. The van der Waals surface area contributed by atoms with Crippen LogP contribution in [0.15, 0.2) is 37.2 Å². The average molecular weight is 263 g/mol. The Balaban J connectivity index is 2.64. The van der Waals surface area contributed by atoms with Crippen molar-refractivity contribution in [2.45, 2.75) is 0 Å². The summed E-state index contributed by atoms with van der Waals surface area (Å²) in [6.45, 7) is 3.65. The van der Waals surface area contributed by atoms with Gasteiger partial charge in [0.05, 0.1) is 5.56 Å². The van der Waals surface area contributed by atoms with E-state index in [4.69, 9.17) is 28.5 Å². The van der Waals surface area contributed by atoms with Crippen molar-refractivity contribution in [1.82, 2.24) is 4.57 Å². The highest BCUT2D eigenvalue weighted by atomic mass is 35.5. The first-order valence-corrected chi connectivity index (χ1v) is 5.61. The van der Waals surface area contributed by atoms with E-state index in [0.29, 0.717) is 15.6 Å². The van der Waals surface area contributed by atoms with Crippen molar-refractivity contribution in [3.8, 4) is 17.2 Å². The molecule has 0 unspecified atom stereocenters. The second-order valence-corrected chi connectivity index (χ2v) is 4.29. The van der Waals surface area contributed by atoms with Gasteiger partial charge in [-0.25, -0.2) is 0 Å². The maximum Gasteiger partial charge on any atom is 0.101 e. The Morgan fingerprint density at radius 3 is 2.59 bits per heavy atom. The standard InChI is InChI=1S/C13H8Cl2N2/c1-2-17-7-9(6-16)12(8-17)11-4-3-10(14)5-13(11)15/h2-5,7-8H,1H2. The molecule has 4 heteroatoms. The van der Waals surface area contributed by atoms with Crippen LogP contribution in [0.1, 0.15) is 5.56 Å². The molecule has 0 saturated carbocycles. The van der Waals surface area contributed by atoms with Crippen molar-refractivity contribution < 1.29 is 0 Å². The van der Waals surface area contributed by atoms with E-state index in [1.807, 2.05) is 0 Å². The molecule has 17 heavy (non-hydrogen) atoms. The molecule has 0 N–H and O–H groups in total. The molecule has 1 heterocycles. The molecule has 2 rings (SSSR count). The summed E-state index contributed by atoms with van der Waals surface area (Å²) in [5.41, 5.74) is 2.11. The Morgan fingerprint density at radius 2 is 2.00 bits per heavy atom. The molecule has 0 atom stereocenters. The van der Waals surface area contributed by atoms with Crippen LogP contribution in [0, 0.1) is 11.3 Å². The van der Waals surface area contributed by atoms with Crippen LogP contribution >= 0.6 is 23.2 Å². The van der Waals surface area contributed by atoms with Crippen molar-refractivity contribution in [2.24, 2.45) is 0 Å². The van der Waals surface area contributed by atoms with Crippen molar-refractivity contribution in [2.75, 3.05) is 0 Å². The monoisotopic (exact) mass is 262 g/mol. The minimum Gasteiger partial charge on any atom is -0.329 e. The van der Waals surface area contributed by atoms with Gasteiger partial charge in [-0.1, -0.05) is 35.8 Å². The second-order valence-electron chi connectivity index (χ2n) is 3.45. The van der Waals surface area contributed by atoms with Crippen LogP contribution in [0.5, 0.6) is 0 Å². The number of benzene rings is 1. The van der Waals surface area contributed by atoms with E-state index in [9.17, 15) is 0 Å². The zero-order valence-corrected chi connectivity index (χ0v) is 10.3. The lowest BCUT2D eigenvalue weighted by atomic mass is 10.1. The average Bonchev–Trinajstić information content (AvgIpc) is 2.72. The molecule has 0 bridgehead atoms. The molecule has 1 aromatic carbocycles. The SMILES string of the molecule is C=Cn1cc(C#N)c(-c2ccc(Cl)cc2Cl)c1. The van der Waals surface area contributed by atoms with E-state index < -0.39 is 0 Å². The number of nitrogens with zero attached hydrogens (tertiary/aromatic N) is 2. The minimum atomic E-state index is 0.524. The maximum atomic E-state index is 9.07. The van der Waals surface area contributed by atoms with Gasteiger partial charge in [0.1, 0.15) is 6.07 Å². The molecule has 2 nitrogen and oxygen atoms in total. The van der Waals surface area contributed by atoms with Gasteiger partial charge in [-0.2, -0.15) is 5.26 Å². The molecule has 0 fully saturated rings. The van der Waals surface area contributed by atoms with Crippen molar-refractivity contribution >= 4 is 29.4 Å². The third-order valence-electron chi connectivity index (χ3n) is 2.40. The van der Waals surface area contributed by atoms with Crippen molar-refractivity contribution in [3.63, 3.8) is 0 Å². The maximum absolute atomic E-state index is 9.07. The Kier molecular flexibility index (Phi) is 3.23.